The number of aromatic nitrogens is 2. The second-order valence-electron chi connectivity index (χ2n) is 6.98. The SMILES string of the molecule is CN=C(NCCCc1nc(C)no1)NC(C)CCC(C)(C)C. The predicted octanol–water partition coefficient (Wildman–Crippen LogP) is 2.69. The zero-order valence-corrected chi connectivity index (χ0v) is 14.9. The van der Waals surface area contributed by atoms with Crippen LogP contribution in [0.25, 0.3) is 0 Å². The highest BCUT2D eigenvalue weighted by molar-refractivity contribution is 5.79. The maximum atomic E-state index is 5.09. The molecule has 1 rings (SSSR count). The van der Waals surface area contributed by atoms with Gasteiger partial charge in [0.25, 0.3) is 0 Å². The van der Waals surface area contributed by atoms with Crippen molar-refractivity contribution < 1.29 is 4.52 Å². The maximum Gasteiger partial charge on any atom is 0.226 e. The summed E-state index contributed by atoms with van der Waals surface area (Å²) in [6.45, 7) is 11.7. The van der Waals surface area contributed by atoms with E-state index >= 15 is 0 Å². The number of aliphatic imine (C=N–C) groups is 1. The van der Waals surface area contributed by atoms with Crippen molar-refractivity contribution in [2.24, 2.45) is 10.4 Å². The van der Waals surface area contributed by atoms with Gasteiger partial charge in [-0.25, -0.2) is 0 Å². The van der Waals surface area contributed by atoms with Crippen LogP contribution >= 0.6 is 0 Å². The Kier molecular flexibility index (Phi) is 7.35. The van der Waals surface area contributed by atoms with Crippen LogP contribution in [0.15, 0.2) is 9.52 Å². The van der Waals surface area contributed by atoms with Crippen LogP contribution in [-0.4, -0.2) is 35.7 Å². The molecule has 0 amide bonds. The van der Waals surface area contributed by atoms with Gasteiger partial charge in [0.05, 0.1) is 0 Å². The van der Waals surface area contributed by atoms with Gasteiger partial charge in [-0.15, -0.1) is 0 Å². The molecule has 0 aliphatic rings. The van der Waals surface area contributed by atoms with Gasteiger partial charge in [0.1, 0.15) is 0 Å². The molecule has 126 valence electrons. The van der Waals surface area contributed by atoms with E-state index in [1.54, 1.807) is 7.05 Å². The number of rotatable bonds is 7. The summed E-state index contributed by atoms with van der Waals surface area (Å²) in [6, 6.07) is 0.406. The predicted molar refractivity (Wildman–Crippen MR) is 90.0 cm³/mol. The van der Waals surface area contributed by atoms with Gasteiger partial charge >= 0.3 is 0 Å². The Bertz CT molecular complexity index is 461. The summed E-state index contributed by atoms with van der Waals surface area (Å²) in [7, 11) is 1.80. The third-order valence-electron chi connectivity index (χ3n) is 3.36. The third-order valence-corrected chi connectivity index (χ3v) is 3.36. The number of hydrogen-bond donors (Lipinski definition) is 2. The van der Waals surface area contributed by atoms with Gasteiger partial charge in [0.2, 0.25) is 5.89 Å². The van der Waals surface area contributed by atoms with Crippen molar-refractivity contribution >= 4 is 5.96 Å². The van der Waals surface area contributed by atoms with Crippen molar-refractivity contribution in [3.8, 4) is 0 Å². The second-order valence-corrected chi connectivity index (χ2v) is 6.98. The summed E-state index contributed by atoms with van der Waals surface area (Å²) >= 11 is 0. The molecule has 0 saturated heterocycles. The largest absolute Gasteiger partial charge is 0.356 e. The molecule has 0 radical (unpaired) electrons. The Labute approximate surface area is 134 Å². The molecule has 0 spiro atoms. The van der Waals surface area contributed by atoms with Crippen LogP contribution in [0.5, 0.6) is 0 Å². The molecule has 1 atom stereocenters. The van der Waals surface area contributed by atoms with E-state index in [2.05, 4.69) is 53.5 Å². The Morgan fingerprint density at radius 1 is 1.36 bits per heavy atom. The molecule has 0 saturated carbocycles. The lowest BCUT2D eigenvalue weighted by Crippen LogP contribution is -2.42. The molecule has 0 aliphatic carbocycles. The van der Waals surface area contributed by atoms with Crippen LogP contribution in [0.3, 0.4) is 0 Å². The van der Waals surface area contributed by atoms with Gasteiger partial charge in [0, 0.05) is 26.1 Å². The molecular formula is C16H31N5O. The zero-order chi connectivity index (χ0) is 16.6. The summed E-state index contributed by atoms with van der Waals surface area (Å²) in [6.07, 6.45) is 4.03. The van der Waals surface area contributed by atoms with Gasteiger partial charge in [-0.2, -0.15) is 4.98 Å². The summed E-state index contributed by atoms with van der Waals surface area (Å²) in [5.41, 5.74) is 0.370. The smallest absolute Gasteiger partial charge is 0.226 e. The van der Waals surface area contributed by atoms with Gasteiger partial charge in [-0.3, -0.25) is 4.99 Å². The molecular weight excluding hydrogens is 278 g/mol. The number of guanidine groups is 1. The Morgan fingerprint density at radius 3 is 2.64 bits per heavy atom. The molecule has 0 aromatic carbocycles. The van der Waals surface area contributed by atoms with Crippen LogP contribution in [-0.2, 0) is 6.42 Å². The molecule has 1 aromatic rings. The summed E-state index contributed by atoms with van der Waals surface area (Å²) in [5.74, 6) is 2.23. The third kappa shape index (κ3) is 8.00. The number of nitrogens with one attached hydrogen (secondary N) is 2. The van der Waals surface area contributed by atoms with E-state index in [0.29, 0.717) is 23.2 Å². The first-order chi connectivity index (χ1) is 10.3. The average molecular weight is 309 g/mol. The lowest BCUT2D eigenvalue weighted by atomic mass is 9.89. The van der Waals surface area contributed by atoms with Crippen LogP contribution < -0.4 is 10.6 Å². The van der Waals surface area contributed by atoms with Crippen molar-refractivity contribution in [2.75, 3.05) is 13.6 Å². The van der Waals surface area contributed by atoms with E-state index in [9.17, 15) is 0 Å². The molecule has 1 unspecified atom stereocenters. The van der Waals surface area contributed by atoms with Crippen molar-refractivity contribution in [3.63, 3.8) is 0 Å². The van der Waals surface area contributed by atoms with Crippen LogP contribution in [0.2, 0.25) is 0 Å². The summed E-state index contributed by atoms with van der Waals surface area (Å²) in [5, 5.41) is 10.5. The minimum absolute atomic E-state index is 0.370. The lowest BCUT2D eigenvalue weighted by molar-refractivity contribution is 0.346. The maximum absolute atomic E-state index is 5.09. The molecule has 0 fully saturated rings. The summed E-state index contributed by atoms with van der Waals surface area (Å²) < 4.78 is 5.09. The average Bonchev–Trinajstić information content (AvgIpc) is 2.85. The van der Waals surface area contributed by atoms with E-state index in [0.717, 1.165) is 31.8 Å². The van der Waals surface area contributed by atoms with E-state index in [-0.39, 0.29) is 0 Å². The molecule has 22 heavy (non-hydrogen) atoms. The molecule has 0 aliphatic heterocycles. The normalized spacial score (nSPS) is 14.0. The summed E-state index contributed by atoms with van der Waals surface area (Å²) in [4.78, 5) is 8.46. The number of nitrogens with zero attached hydrogens (tertiary/aromatic N) is 3. The highest BCUT2D eigenvalue weighted by Crippen LogP contribution is 2.21. The quantitative estimate of drug-likeness (QED) is 0.460. The fraction of sp³-hybridized carbons (Fsp3) is 0.812. The van der Waals surface area contributed by atoms with Gasteiger partial charge in [-0.1, -0.05) is 25.9 Å². The first-order valence-corrected chi connectivity index (χ1v) is 8.06. The van der Waals surface area contributed by atoms with E-state index in [1.165, 1.54) is 6.42 Å². The fourth-order valence-corrected chi connectivity index (χ4v) is 2.04. The lowest BCUT2D eigenvalue weighted by Gasteiger charge is -2.23. The molecule has 0 bridgehead atoms. The van der Waals surface area contributed by atoms with Crippen molar-refractivity contribution in [2.45, 2.75) is 66.3 Å². The van der Waals surface area contributed by atoms with Crippen molar-refractivity contribution in [3.05, 3.63) is 11.7 Å². The highest BCUT2D eigenvalue weighted by Gasteiger charge is 2.13. The molecule has 1 heterocycles. The number of hydrogen-bond acceptors (Lipinski definition) is 4. The topological polar surface area (TPSA) is 75.3 Å². The van der Waals surface area contributed by atoms with E-state index < -0.39 is 0 Å². The molecule has 6 heteroatoms. The minimum atomic E-state index is 0.370. The minimum Gasteiger partial charge on any atom is -0.356 e. The van der Waals surface area contributed by atoms with E-state index in [1.807, 2.05) is 6.92 Å². The van der Waals surface area contributed by atoms with Crippen molar-refractivity contribution in [1.29, 1.82) is 0 Å². The molecule has 6 nitrogen and oxygen atoms in total. The zero-order valence-electron chi connectivity index (χ0n) is 14.9. The standard InChI is InChI=1S/C16H31N5O/c1-12(9-10-16(3,4)5)19-15(17-6)18-11-7-8-14-20-13(2)21-22-14/h12H,7-11H2,1-6H3,(H2,17,18,19). The second kappa shape index (κ2) is 8.76. The highest BCUT2D eigenvalue weighted by atomic mass is 16.5. The first kappa shape index (κ1) is 18.5. The Morgan fingerprint density at radius 2 is 2.09 bits per heavy atom. The monoisotopic (exact) mass is 309 g/mol. The number of aryl methyl sites for hydroxylation is 2. The van der Waals surface area contributed by atoms with Crippen LogP contribution in [0, 0.1) is 12.3 Å². The van der Waals surface area contributed by atoms with Gasteiger partial charge < -0.3 is 15.2 Å². The van der Waals surface area contributed by atoms with Gasteiger partial charge in [0.15, 0.2) is 11.8 Å². The Hall–Kier alpha value is -1.59. The van der Waals surface area contributed by atoms with Crippen molar-refractivity contribution in [1.82, 2.24) is 20.8 Å². The first-order valence-electron chi connectivity index (χ1n) is 8.06. The van der Waals surface area contributed by atoms with Crippen LogP contribution in [0.4, 0.5) is 0 Å². The van der Waals surface area contributed by atoms with Crippen LogP contribution in [0.1, 0.15) is 58.7 Å². The van der Waals surface area contributed by atoms with E-state index in [4.69, 9.17) is 4.52 Å². The van der Waals surface area contributed by atoms with Gasteiger partial charge in [-0.05, 0) is 38.5 Å². The molecule has 2 N–H and O–H groups in total. The fourth-order valence-electron chi connectivity index (χ4n) is 2.04. The Balaban J connectivity index is 2.21. The molecule has 1 aromatic heterocycles.